The first-order valence-corrected chi connectivity index (χ1v) is 12.0. The van der Waals surface area contributed by atoms with Crippen LogP contribution in [0.2, 0.25) is 0 Å². The minimum absolute atomic E-state index is 0.453. The molecule has 1 aliphatic rings. The largest absolute Gasteiger partial charge is 0.496 e. The van der Waals surface area contributed by atoms with E-state index in [1.807, 2.05) is 47.3 Å². The van der Waals surface area contributed by atoms with Crippen LogP contribution in [0.4, 0.5) is 0 Å². The van der Waals surface area contributed by atoms with Crippen molar-refractivity contribution in [2.75, 3.05) is 7.11 Å². The molecule has 1 heterocycles. The fourth-order valence-corrected chi connectivity index (χ4v) is 4.71. The highest BCUT2D eigenvalue weighted by molar-refractivity contribution is 5.78. The number of allylic oxidation sites excluding steroid dienone is 2. The Morgan fingerprint density at radius 3 is 2.32 bits per heavy atom. The van der Waals surface area contributed by atoms with E-state index in [0.717, 1.165) is 46.7 Å². The van der Waals surface area contributed by atoms with Crippen molar-refractivity contribution >= 4 is 5.57 Å². The second-order valence-corrected chi connectivity index (χ2v) is 8.59. The lowest BCUT2D eigenvalue weighted by molar-refractivity contribution is 0.105. The second-order valence-electron chi connectivity index (χ2n) is 8.59. The Labute approximate surface area is 201 Å². The third-order valence-corrected chi connectivity index (χ3v) is 6.38. The molecule has 34 heavy (non-hydrogen) atoms. The van der Waals surface area contributed by atoms with Crippen LogP contribution in [0.25, 0.3) is 22.5 Å². The Morgan fingerprint density at radius 1 is 0.824 bits per heavy atom. The summed E-state index contributed by atoms with van der Waals surface area (Å²) in [5.74, 6) is 0.902. The highest BCUT2D eigenvalue weighted by atomic mass is 16.5. The van der Waals surface area contributed by atoms with E-state index >= 15 is 0 Å². The van der Waals surface area contributed by atoms with Gasteiger partial charge in [-0.2, -0.15) is 5.10 Å². The molecule has 0 amide bonds. The number of nitrogens with zero attached hydrogens (tertiary/aromatic N) is 2. The third kappa shape index (κ3) is 4.68. The fourth-order valence-electron chi connectivity index (χ4n) is 4.71. The van der Waals surface area contributed by atoms with Crippen LogP contribution in [0, 0.1) is 0 Å². The minimum atomic E-state index is 0.453. The van der Waals surface area contributed by atoms with Gasteiger partial charge in [0.05, 0.1) is 37.9 Å². The third-order valence-electron chi connectivity index (χ3n) is 6.38. The quantitative estimate of drug-likeness (QED) is 0.284. The van der Waals surface area contributed by atoms with Crippen molar-refractivity contribution in [3.63, 3.8) is 0 Å². The van der Waals surface area contributed by atoms with Gasteiger partial charge in [0.1, 0.15) is 5.75 Å². The summed E-state index contributed by atoms with van der Waals surface area (Å²) in [6.07, 6.45) is 8.90. The van der Waals surface area contributed by atoms with Crippen molar-refractivity contribution in [1.82, 2.24) is 9.78 Å². The molecule has 0 spiro atoms. The number of ether oxygens (including phenoxy) is 2. The van der Waals surface area contributed by atoms with Crippen LogP contribution < -0.4 is 4.74 Å². The average Bonchev–Trinajstić information content (AvgIpc) is 3.40. The monoisotopic (exact) mass is 450 g/mol. The van der Waals surface area contributed by atoms with Crippen LogP contribution >= 0.6 is 0 Å². The summed E-state index contributed by atoms with van der Waals surface area (Å²) in [6.45, 7) is 1.00. The summed E-state index contributed by atoms with van der Waals surface area (Å²) < 4.78 is 14.3. The second kappa shape index (κ2) is 10.5. The Morgan fingerprint density at radius 2 is 1.59 bits per heavy atom. The Hall–Kier alpha value is -3.63. The highest BCUT2D eigenvalue weighted by Crippen LogP contribution is 2.40. The molecule has 0 radical (unpaired) electrons. The van der Waals surface area contributed by atoms with Crippen molar-refractivity contribution in [2.45, 2.75) is 38.9 Å². The molecule has 0 bridgehead atoms. The highest BCUT2D eigenvalue weighted by Gasteiger charge is 2.21. The zero-order chi connectivity index (χ0) is 23.2. The zero-order valence-electron chi connectivity index (χ0n) is 19.6. The molecule has 4 aromatic rings. The van der Waals surface area contributed by atoms with E-state index in [4.69, 9.17) is 9.47 Å². The number of para-hydroxylation sites is 1. The van der Waals surface area contributed by atoms with Crippen molar-refractivity contribution in [3.05, 3.63) is 108 Å². The molecule has 0 aliphatic heterocycles. The molecule has 3 aromatic carbocycles. The smallest absolute Gasteiger partial charge is 0.132 e. The predicted octanol–water partition coefficient (Wildman–Crippen LogP) is 7.22. The van der Waals surface area contributed by atoms with Gasteiger partial charge in [-0.05, 0) is 55.0 Å². The van der Waals surface area contributed by atoms with Gasteiger partial charge in [0.2, 0.25) is 0 Å². The van der Waals surface area contributed by atoms with Crippen LogP contribution in [0.3, 0.4) is 0 Å². The summed E-state index contributed by atoms with van der Waals surface area (Å²) in [5, 5.41) is 4.62. The van der Waals surface area contributed by atoms with Crippen LogP contribution in [0.15, 0.2) is 91.1 Å². The molecule has 1 aliphatic carbocycles. The minimum Gasteiger partial charge on any atom is -0.496 e. The van der Waals surface area contributed by atoms with E-state index in [1.54, 1.807) is 7.11 Å². The molecule has 0 saturated heterocycles. The summed E-state index contributed by atoms with van der Waals surface area (Å²) in [4.78, 5) is 0. The van der Waals surface area contributed by atoms with Gasteiger partial charge in [-0.15, -0.1) is 0 Å². The maximum atomic E-state index is 6.25. The molecule has 1 aromatic heterocycles. The Balaban J connectivity index is 1.57. The summed E-state index contributed by atoms with van der Waals surface area (Å²) in [5.41, 5.74) is 7.88. The number of hydrogen-bond donors (Lipinski definition) is 0. The Bertz CT molecular complexity index is 1260. The van der Waals surface area contributed by atoms with Gasteiger partial charge >= 0.3 is 0 Å². The van der Waals surface area contributed by atoms with Crippen LogP contribution in [-0.4, -0.2) is 16.9 Å². The average molecular weight is 451 g/mol. The lowest BCUT2D eigenvalue weighted by Gasteiger charge is -2.21. The van der Waals surface area contributed by atoms with E-state index in [2.05, 4.69) is 53.6 Å². The molecular weight excluding hydrogens is 420 g/mol. The predicted molar refractivity (Wildman–Crippen MR) is 137 cm³/mol. The summed E-state index contributed by atoms with van der Waals surface area (Å²) in [7, 11) is 1.77. The maximum absolute atomic E-state index is 6.25. The molecule has 0 saturated carbocycles. The normalized spacial score (nSPS) is 13.5. The van der Waals surface area contributed by atoms with Gasteiger partial charge in [0.25, 0.3) is 0 Å². The first-order chi connectivity index (χ1) is 16.8. The molecule has 0 atom stereocenters. The zero-order valence-corrected chi connectivity index (χ0v) is 19.6. The summed E-state index contributed by atoms with van der Waals surface area (Å²) in [6, 6.07) is 27.0. The van der Waals surface area contributed by atoms with Crippen LogP contribution in [-0.2, 0) is 18.0 Å². The number of benzene rings is 3. The van der Waals surface area contributed by atoms with Crippen molar-refractivity contribution < 1.29 is 9.47 Å². The molecule has 5 rings (SSSR count). The first kappa shape index (κ1) is 22.2. The molecule has 0 unspecified atom stereocenters. The number of methoxy groups -OCH3 is 1. The maximum Gasteiger partial charge on any atom is 0.132 e. The van der Waals surface area contributed by atoms with E-state index in [-0.39, 0.29) is 0 Å². The van der Waals surface area contributed by atoms with Gasteiger partial charge in [0, 0.05) is 16.7 Å². The standard InChI is InChI=1S/C30H30N2O2/c1-33-30-26(24-13-7-3-8-14-24)17-18-27(28(30)22-34-21-23-11-5-2-6-12-23)29-19-20-31-32(29)25-15-9-4-10-16-25/h2,4-6,9-13,15-20H,3,7-8,14,21-22H2,1H3. The molecule has 4 heteroatoms. The van der Waals surface area contributed by atoms with Crippen LogP contribution in [0.1, 0.15) is 42.4 Å². The molecule has 172 valence electrons. The van der Waals surface area contributed by atoms with Crippen LogP contribution in [0.5, 0.6) is 5.75 Å². The van der Waals surface area contributed by atoms with Gasteiger partial charge in [0.15, 0.2) is 0 Å². The molecular formula is C30H30N2O2. The van der Waals surface area contributed by atoms with Gasteiger partial charge in [-0.3, -0.25) is 0 Å². The lowest BCUT2D eigenvalue weighted by Crippen LogP contribution is -2.06. The number of rotatable bonds is 8. The summed E-state index contributed by atoms with van der Waals surface area (Å²) >= 11 is 0. The molecule has 4 nitrogen and oxygen atoms in total. The lowest BCUT2D eigenvalue weighted by atomic mass is 9.90. The van der Waals surface area contributed by atoms with Crippen molar-refractivity contribution in [1.29, 1.82) is 0 Å². The van der Waals surface area contributed by atoms with Gasteiger partial charge in [-0.25, -0.2) is 4.68 Å². The van der Waals surface area contributed by atoms with E-state index < -0.39 is 0 Å². The van der Waals surface area contributed by atoms with Crippen molar-refractivity contribution in [2.24, 2.45) is 0 Å². The van der Waals surface area contributed by atoms with Gasteiger partial charge in [-0.1, -0.05) is 66.7 Å². The van der Waals surface area contributed by atoms with Gasteiger partial charge < -0.3 is 9.47 Å². The topological polar surface area (TPSA) is 36.3 Å². The molecule has 0 fully saturated rings. The van der Waals surface area contributed by atoms with E-state index in [9.17, 15) is 0 Å². The van der Waals surface area contributed by atoms with E-state index in [1.165, 1.54) is 24.0 Å². The number of aromatic nitrogens is 2. The first-order valence-electron chi connectivity index (χ1n) is 12.0. The SMILES string of the molecule is COc1c(C2=CCCCC2)ccc(-c2ccnn2-c2ccccc2)c1COCc1ccccc1. The Kier molecular flexibility index (Phi) is 6.87. The number of hydrogen-bond acceptors (Lipinski definition) is 3. The van der Waals surface area contributed by atoms with E-state index in [0.29, 0.717) is 13.2 Å². The fraction of sp³-hybridized carbons (Fsp3) is 0.233. The molecule has 0 N–H and O–H groups in total. The van der Waals surface area contributed by atoms with Crippen molar-refractivity contribution in [3.8, 4) is 22.7 Å².